The number of nitrogens with zero attached hydrogens (tertiary/aromatic N) is 1. The Morgan fingerprint density at radius 3 is 2.57 bits per heavy atom. The molecule has 0 saturated heterocycles. The Labute approximate surface area is 120 Å². The van der Waals surface area contributed by atoms with Crippen LogP contribution in [0.25, 0.3) is 0 Å². The van der Waals surface area contributed by atoms with Gasteiger partial charge in [-0.25, -0.2) is 4.79 Å². The number of aliphatic carboxylic acids is 1. The van der Waals surface area contributed by atoms with Gasteiger partial charge in [-0.1, -0.05) is 35.5 Å². The van der Waals surface area contributed by atoms with Crippen molar-refractivity contribution < 1.29 is 19.2 Å². The fourth-order valence-corrected chi connectivity index (χ4v) is 1.79. The van der Waals surface area contributed by atoms with E-state index in [1.807, 2.05) is 0 Å². The van der Waals surface area contributed by atoms with Crippen molar-refractivity contribution in [3.63, 3.8) is 0 Å². The predicted octanol–water partition coefficient (Wildman–Crippen LogP) is 1.34. The average Bonchev–Trinajstić information content (AvgIpc) is 2.99. The number of aromatic nitrogens is 1. The third-order valence-electron chi connectivity index (χ3n) is 2.88. The lowest BCUT2D eigenvalue weighted by molar-refractivity contribution is -0.138. The molecule has 2 amide bonds. The molecule has 110 valence electrons. The number of urea groups is 1. The molecule has 0 spiro atoms. The van der Waals surface area contributed by atoms with Crippen molar-refractivity contribution in [1.29, 1.82) is 0 Å². The maximum Gasteiger partial charge on any atom is 0.315 e. The minimum Gasteiger partial charge on any atom is -0.481 e. The van der Waals surface area contributed by atoms with E-state index in [-0.39, 0.29) is 13.1 Å². The van der Waals surface area contributed by atoms with E-state index in [0.717, 1.165) is 0 Å². The van der Waals surface area contributed by atoms with Gasteiger partial charge in [0, 0.05) is 12.6 Å². The number of hydrogen-bond acceptors (Lipinski definition) is 4. The maximum absolute atomic E-state index is 11.6. The largest absolute Gasteiger partial charge is 0.481 e. The molecule has 1 aromatic heterocycles. The monoisotopic (exact) mass is 289 g/mol. The van der Waals surface area contributed by atoms with Crippen LogP contribution in [0.4, 0.5) is 4.79 Å². The first kappa shape index (κ1) is 14.6. The Balaban J connectivity index is 1.84. The van der Waals surface area contributed by atoms with Gasteiger partial charge in [0.15, 0.2) is 5.76 Å². The summed E-state index contributed by atoms with van der Waals surface area (Å²) in [4.78, 5) is 22.9. The van der Waals surface area contributed by atoms with E-state index in [1.54, 1.807) is 36.4 Å². The Morgan fingerprint density at radius 2 is 1.95 bits per heavy atom. The van der Waals surface area contributed by atoms with E-state index >= 15 is 0 Å². The van der Waals surface area contributed by atoms with Crippen LogP contribution in [0.1, 0.15) is 17.2 Å². The molecule has 0 radical (unpaired) electrons. The van der Waals surface area contributed by atoms with E-state index in [0.29, 0.717) is 11.3 Å². The van der Waals surface area contributed by atoms with Gasteiger partial charge in [-0.05, 0) is 5.56 Å². The molecule has 0 bridgehead atoms. The first-order chi connectivity index (χ1) is 10.2. The molecule has 3 N–H and O–H groups in total. The standard InChI is InChI=1S/C14H15N3O4/c18-13(19)12(10-4-2-1-3-5-10)9-16-14(20)15-8-11-6-7-17-21-11/h1-7,12H,8-9H2,(H,18,19)(H2,15,16,20). The Hall–Kier alpha value is -2.83. The maximum atomic E-state index is 11.6. The molecule has 0 aliphatic carbocycles. The highest BCUT2D eigenvalue weighted by molar-refractivity contribution is 5.79. The number of amides is 2. The number of carbonyl (C=O) groups excluding carboxylic acids is 1. The van der Waals surface area contributed by atoms with Crippen molar-refractivity contribution in [2.75, 3.05) is 6.54 Å². The third kappa shape index (κ3) is 4.34. The number of benzene rings is 1. The van der Waals surface area contributed by atoms with Gasteiger partial charge in [-0.2, -0.15) is 0 Å². The summed E-state index contributed by atoms with van der Waals surface area (Å²) in [5, 5.41) is 17.8. The van der Waals surface area contributed by atoms with Crippen LogP contribution < -0.4 is 10.6 Å². The average molecular weight is 289 g/mol. The van der Waals surface area contributed by atoms with Crippen molar-refractivity contribution in [2.45, 2.75) is 12.5 Å². The second-order valence-corrected chi connectivity index (χ2v) is 4.34. The molecule has 21 heavy (non-hydrogen) atoms. The lowest BCUT2D eigenvalue weighted by Gasteiger charge is -2.14. The van der Waals surface area contributed by atoms with Gasteiger partial charge in [0.1, 0.15) is 0 Å². The summed E-state index contributed by atoms with van der Waals surface area (Å²) in [6, 6.07) is 9.92. The van der Waals surface area contributed by atoms with Crippen molar-refractivity contribution in [3.05, 3.63) is 53.9 Å². The second kappa shape index (κ2) is 7.09. The second-order valence-electron chi connectivity index (χ2n) is 4.34. The van der Waals surface area contributed by atoms with Crippen LogP contribution in [0.2, 0.25) is 0 Å². The fraction of sp³-hybridized carbons (Fsp3) is 0.214. The van der Waals surface area contributed by atoms with Crippen molar-refractivity contribution in [1.82, 2.24) is 15.8 Å². The highest BCUT2D eigenvalue weighted by Gasteiger charge is 2.20. The van der Waals surface area contributed by atoms with Crippen molar-refractivity contribution in [2.24, 2.45) is 0 Å². The van der Waals surface area contributed by atoms with Crippen LogP contribution in [0.3, 0.4) is 0 Å². The molecular weight excluding hydrogens is 274 g/mol. The van der Waals surface area contributed by atoms with E-state index in [2.05, 4.69) is 15.8 Å². The lowest BCUT2D eigenvalue weighted by atomic mass is 9.99. The summed E-state index contributed by atoms with van der Waals surface area (Å²) < 4.78 is 4.83. The van der Waals surface area contributed by atoms with Gasteiger partial charge < -0.3 is 20.3 Å². The zero-order valence-electron chi connectivity index (χ0n) is 11.2. The Morgan fingerprint density at radius 1 is 1.19 bits per heavy atom. The van der Waals surface area contributed by atoms with E-state index in [1.165, 1.54) is 6.20 Å². The molecule has 1 aromatic carbocycles. The fourth-order valence-electron chi connectivity index (χ4n) is 1.79. The van der Waals surface area contributed by atoms with Gasteiger partial charge >= 0.3 is 12.0 Å². The normalized spacial score (nSPS) is 11.6. The minimum atomic E-state index is -0.989. The molecule has 1 unspecified atom stereocenters. The Kier molecular flexibility index (Phi) is 4.92. The molecule has 2 rings (SSSR count). The van der Waals surface area contributed by atoms with E-state index in [9.17, 15) is 14.7 Å². The summed E-state index contributed by atoms with van der Waals surface area (Å²) in [6.07, 6.45) is 1.48. The number of carboxylic acid groups (broad SMARTS) is 1. The summed E-state index contributed by atoms with van der Waals surface area (Å²) in [7, 11) is 0. The molecule has 1 heterocycles. The number of nitrogens with one attached hydrogen (secondary N) is 2. The first-order valence-electron chi connectivity index (χ1n) is 6.36. The third-order valence-corrected chi connectivity index (χ3v) is 2.88. The highest BCUT2D eigenvalue weighted by Crippen LogP contribution is 2.14. The topological polar surface area (TPSA) is 104 Å². The molecule has 0 saturated carbocycles. The Bertz CT molecular complexity index is 584. The van der Waals surface area contributed by atoms with E-state index < -0.39 is 17.9 Å². The summed E-state index contributed by atoms with van der Waals surface area (Å²) in [5.41, 5.74) is 0.639. The number of carboxylic acids is 1. The molecule has 1 atom stereocenters. The van der Waals surface area contributed by atoms with Gasteiger partial charge in [0.25, 0.3) is 0 Å². The molecular formula is C14H15N3O4. The summed E-state index contributed by atoms with van der Waals surface area (Å²) in [5.74, 6) is -1.26. The number of hydrogen-bond donors (Lipinski definition) is 3. The number of carbonyl (C=O) groups is 2. The van der Waals surface area contributed by atoms with Gasteiger partial charge in [0.05, 0.1) is 18.7 Å². The summed E-state index contributed by atoms with van der Waals surface area (Å²) in [6.45, 7) is 0.191. The lowest BCUT2D eigenvalue weighted by Crippen LogP contribution is -2.38. The van der Waals surface area contributed by atoms with Crippen LogP contribution in [0.5, 0.6) is 0 Å². The SMILES string of the molecule is O=C(NCc1ccno1)NCC(C(=O)O)c1ccccc1. The van der Waals surface area contributed by atoms with Crippen LogP contribution in [0, 0.1) is 0 Å². The van der Waals surface area contributed by atoms with Crippen molar-refractivity contribution >= 4 is 12.0 Å². The smallest absolute Gasteiger partial charge is 0.315 e. The predicted molar refractivity (Wildman–Crippen MR) is 73.6 cm³/mol. The van der Waals surface area contributed by atoms with Crippen molar-refractivity contribution in [3.8, 4) is 0 Å². The summed E-state index contributed by atoms with van der Waals surface area (Å²) >= 11 is 0. The van der Waals surface area contributed by atoms with E-state index in [4.69, 9.17) is 4.52 Å². The molecule has 0 aliphatic heterocycles. The zero-order chi connectivity index (χ0) is 15.1. The molecule has 7 nitrogen and oxygen atoms in total. The molecule has 2 aromatic rings. The van der Waals surface area contributed by atoms with Crippen LogP contribution in [-0.4, -0.2) is 28.8 Å². The quantitative estimate of drug-likeness (QED) is 0.744. The number of rotatable bonds is 6. The molecule has 0 fully saturated rings. The van der Waals surface area contributed by atoms with Crippen LogP contribution in [0.15, 0.2) is 47.1 Å². The van der Waals surface area contributed by atoms with Gasteiger partial charge in [-0.15, -0.1) is 0 Å². The first-order valence-corrected chi connectivity index (χ1v) is 6.36. The highest BCUT2D eigenvalue weighted by atomic mass is 16.5. The zero-order valence-corrected chi connectivity index (χ0v) is 11.2. The van der Waals surface area contributed by atoms with Crippen LogP contribution >= 0.6 is 0 Å². The molecule has 0 aliphatic rings. The molecule has 7 heteroatoms. The van der Waals surface area contributed by atoms with Gasteiger partial charge in [-0.3, -0.25) is 4.79 Å². The van der Waals surface area contributed by atoms with Crippen LogP contribution in [-0.2, 0) is 11.3 Å². The van der Waals surface area contributed by atoms with Gasteiger partial charge in [0.2, 0.25) is 0 Å². The minimum absolute atomic E-state index is 0.00157.